The molecule has 0 saturated carbocycles. The summed E-state index contributed by atoms with van der Waals surface area (Å²) >= 11 is 0. The molecule has 0 heterocycles. The molecule has 1 aromatic carbocycles. The monoisotopic (exact) mass is 193 g/mol. The van der Waals surface area contributed by atoms with Crippen LogP contribution in [0.4, 0.5) is 5.69 Å². The number of hydrogen-bond donors (Lipinski definition) is 1. The Kier molecular flexibility index (Phi) is 3.17. The molecular weight excluding hydrogens is 174 g/mol. The zero-order valence-corrected chi connectivity index (χ0v) is 9.37. The third-order valence-corrected chi connectivity index (χ3v) is 2.24. The quantitative estimate of drug-likeness (QED) is 0.733. The molecule has 0 radical (unpaired) electrons. The summed E-state index contributed by atoms with van der Waals surface area (Å²) in [5, 5.41) is 0. The summed E-state index contributed by atoms with van der Waals surface area (Å²) in [5.74, 6) is 0. The van der Waals surface area contributed by atoms with Gasteiger partial charge in [0.2, 0.25) is 0 Å². The van der Waals surface area contributed by atoms with Gasteiger partial charge in [-0.1, -0.05) is 32.9 Å². The van der Waals surface area contributed by atoms with Gasteiger partial charge in [0, 0.05) is 12.8 Å². The minimum absolute atomic E-state index is 0.0859. The lowest BCUT2D eigenvalue weighted by Crippen LogP contribution is -2.20. The van der Waals surface area contributed by atoms with Gasteiger partial charge in [-0.05, 0) is 23.1 Å². The number of methoxy groups -OCH3 is 1. The molecular formula is C12H19NO. The molecule has 78 valence electrons. The summed E-state index contributed by atoms with van der Waals surface area (Å²) in [6.45, 7) is 6.47. The van der Waals surface area contributed by atoms with Crippen molar-refractivity contribution in [2.45, 2.75) is 26.9 Å². The van der Waals surface area contributed by atoms with Gasteiger partial charge < -0.3 is 10.5 Å². The minimum atomic E-state index is 0.0859. The third-order valence-electron chi connectivity index (χ3n) is 2.24. The highest BCUT2D eigenvalue weighted by Crippen LogP contribution is 2.35. The summed E-state index contributed by atoms with van der Waals surface area (Å²) in [6.07, 6.45) is 0.0889. The molecule has 2 N–H and O–H groups in total. The Bertz CT molecular complexity index is 301. The molecule has 1 aromatic rings. The van der Waals surface area contributed by atoms with Gasteiger partial charge in [-0.25, -0.2) is 0 Å². The van der Waals surface area contributed by atoms with Gasteiger partial charge in [0.25, 0.3) is 0 Å². The summed E-state index contributed by atoms with van der Waals surface area (Å²) in [4.78, 5) is 0. The largest absolute Gasteiger partial charge is 0.399 e. The van der Waals surface area contributed by atoms with E-state index < -0.39 is 0 Å². The van der Waals surface area contributed by atoms with Crippen LogP contribution in [0.2, 0.25) is 0 Å². The lowest BCUT2D eigenvalue weighted by molar-refractivity contribution is 0.0152. The van der Waals surface area contributed by atoms with Crippen LogP contribution in [0.3, 0.4) is 0 Å². The number of ether oxygens (including phenoxy) is 1. The molecule has 0 fully saturated rings. The second kappa shape index (κ2) is 4.01. The van der Waals surface area contributed by atoms with Gasteiger partial charge in [-0.3, -0.25) is 0 Å². The van der Waals surface area contributed by atoms with Crippen LogP contribution < -0.4 is 5.73 Å². The first-order chi connectivity index (χ1) is 6.45. The first kappa shape index (κ1) is 11.1. The van der Waals surface area contributed by atoms with Crippen molar-refractivity contribution in [3.8, 4) is 0 Å². The van der Waals surface area contributed by atoms with Crippen LogP contribution in [0.25, 0.3) is 0 Å². The third kappa shape index (κ3) is 2.48. The first-order valence-corrected chi connectivity index (χ1v) is 4.83. The fourth-order valence-corrected chi connectivity index (χ4v) is 1.71. The van der Waals surface area contributed by atoms with E-state index in [2.05, 4.69) is 26.8 Å². The first-order valence-electron chi connectivity index (χ1n) is 4.83. The van der Waals surface area contributed by atoms with Gasteiger partial charge in [-0.2, -0.15) is 0 Å². The van der Waals surface area contributed by atoms with Crippen LogP contribution in [-0.4, -0.2) is 7.11 Å². The fraction of sp³-hybridized carbons (Fsp3) is 0.500. The lowest BCUT2D eigenvalue weighted by Gasteiger charge is -2.29. The number of nitrogens with two attached hydrogens (primary N) is 1. The summed E-state index contributed by atoms with van der Waals surface area (Å²) in [5.41, 5.74) is 7.75. The average molecular weight is 193 g/mol. The van der Waals surface area contributed by atoms with E-state index in [0.717, 1.165) is 11.3 Å². The Hall–Kier alpha value is -1.02. The normalized spacial score (nSPS) is 14.0. The van der Waals surface area contributed by atoms with Crippen LogP contribution in [-0.2, 0) is 4.74 Å². The van der Waals surface area contributed by atoms with Gasteiger partial charge in [0.05, 0.1) is 6.10 Å². The van der Waals surface area contributed by atoms with Gasteiger partial charge in [0.15, 0.2) is 0 Å². The number of nitrogen functional groups attached to an aromatic ring is 1. The number of rotatable bonds is 2. The van der Waals surface area contributed by atoms with Crippen molar-refractivity contribution in [1.82, 2.24) is 0 Å². The second-order valence-corrected chi connectivity index (χ2v) is 4.65. The molecule has 0 spiro atoms. The molecule has 2 heteroatoms. The zero-order valence-electron chi connectivity index (χ0n) is 9.37. The molecule has 1 atom stereocenters. The van der Waals surface area contributed by atoms with Crippen LogP contribution in [0.5, 0.6) is 0 Å². The molecule has 0 aromatic heterocycles. The molecule has 0 aliphatic heterocycles. The van der Waals surface area contributed by atoms with Gasteiger partial charge in [-0.15, -0.1) is 0 Å². The molecule has 0 amide bonds. The van der Waals surface area contributed by atoms with E-state index in [1.807, 2.05) is 18.2 Å². The Morgan fingerprint density at radius 3 is 2.36 bits per heavy atom. The van der Waals surface area contributed by atoms with Crippen LogP contribution in [0, 0.1) is 5.41 Å². The van der Waals surface area contributed by atoms with E-state index in [1.54, 1.807) is 7.11 Å². The molecule has 0 aliphatic carbocycles. The molecule has 1 rings (SSSR count). The van der Waals surface area contributed by atoms with Gasteiger partial charge in [0.1, 0.15) is 0 Å². The zero-order chi connectivity index (χ0) is 10.8. The Morgan fingerprint density at radius 1 is 1.29 bits per heavy atom. The maximum atomic E-state index is 5.74. The fourth-order valence-electron chi connectivity index (χ4n) is 1.71. The Labute approximate surface area is 86.1 Å². The van der Waals surface area contributed by atoms with Crippen molar-refractivity contribution in [2.24, 2.45) is 5.41 Å². The molecule has 0 aliphatic rings. The standard InChI is InChI=1S/C12H19NO/c1-12(2,3)11(14-4)9-6-5-7-10(13)8-9/h5-8,11H,13H2,1-4H3. The molecule has 1 unspecified atom stereocenters. The van der Waals surface area contributed by atoms with Crippen molar-refractivity contribution in [2.75, 3.05) is 12.8 Å². The van der Waals surface area contributed by atoms with Crippen molar-refractivity contribution in [3.05, 3.63) is 29.8 Å². The molecule has 0 bridgehead atoms. The summed E-state index contributed by atoms with van der Waals surface area (Å²) < 4.78 is 5.50. The van der Waals surface area contributed by atoms with E-state index in [9.17, 15) is 0 Å². The van der Waals surface area contributed by atoms with Crippen LogP contribution in [0.15, 0.2) is 24.3 Å². The highest BCUT2D eigenvalue weighted by atomic mass is 16.5. The summed E-state index contributed by atoms with van der Waals surface area (Å²) in [7, 11) is 1.74. The topological polar surface area (TPSA) is 35.2 Å². The molecule has 14 heavy (non-hydrogen) atoms. The molecule has 2 nitrogen and oxygen atoms in total. The van der Waals surface area contributed by atoms with Crippen molar-refractivity contribution in [3.63, 3.8) is 0 Å². The average Bonchev–Trinajstić information content (AvgIpc) is 2.02. The maximum Gasteiger partial charge on any atom is 0.0870 e. The Balaban J connectivity index is 3.01. The number of hydrogen-bond acceptors (Lipinski definition) is 2. The van der Waals surface area contributed by atoms with Crippen molar-refractivity contribution < 1.29 is 4.74 Å². The van der Waals surface area contributed by atoms with Crippen LogP contribution >= 0.6 is 0 Å². The maximum absolute atomic E-state index is 5.74. The SMILES string of the molecule is COC(c1cccc(N)c1)C(C)(C)C. The van der Waals surface area contributed by atoms with Crippen molar-refractivity contribution >= 4 is 5.69 Å². The second-order valence-electron chi connectivity index (χ2n) is 4.65. The highest BCUT2D eigenvalue weighted by Gasteiger charge is 2.25. The van der Waals surface area contributed by atoms with Crippen molar-refractivity contribution in [1.29, 1.82) is 0 Å². The van der Waals surface area contributed by atoms with E-state index >= 15 is 0 Å². The summed E-state index contributed by atoms with van der Waals surface area (Å²) in [6, 6.07) is 7.87. The van der Waals surface area contributed by atoms with E-state index in [1.165, 1.54) is 0 Å². The lowest BCUT2D eigenvalue weighted by atomic mass is 9.84. The minimum Gasteiger partial charge on any atom is -0.399 e. The predicted octanol–water partition coefficient (Wildman–Crippen LogP) is 3.00. The van der Waals surface area contributed by atoms with E-state index in [4.69, 9.17) is 10.5 Å². The van der Waals surface area contributed by atoms with E-state index in [-0.39, 0.29) is 11.5 Å². The number of benzene rings is 1. The Morgan fingerprint density at radius 2 is 1.93 bits per heavy atom. The predicted molar refractivity (Wildman–Crippen MR) is 60.1 cm³/mol. The molecule has 0 saturated heterocycles. The van der Waals surface area contributed by atoms with E-state index in [0.29, 0.717) is 0 Å². The number of anilines is 1. The van der Waals surface area contributed by atoms with Crippen LogP contribution in [0.1, 0.15) is 32.4 Å². The van der Waals surface area contributed by atoms with Gasteiger partial charge >= 0.3 is 0 Å². The highest BCUT2D eigenvalue weighted by molar-refractivity contribution is 5.41. The smallest absolute Gasteiger partial charge is 0.0870 e.